The molecule has 1 atom stereocenters. The van der Waals surface area contributed by atoms with Crippen LogP contribution < -0.4 is 11.1 Å². The minimum atomic E-state index is -4.19. The van der Waals surface area contributed by atoms with Crippen molar-refractivity contribution in [3.63, 3.8) is 0 Å². The second kappa shape index (κ2) is 6.39. The molecule has 0 spiro atoms. The largest absolute Gasteiger partial charge is 0.389 e. The maximum absolute atomic E-state index is 11.9. The number of benzene rings is 1. The van der Waals surface area contributed by atoms with Crippen LogP contribution in [0.15, 0.2) is 30.3 Å². The number of carbonyl (C=O) groups is 1. The van der Waals surface area contributed by atoms with Gasteiger partial charge in [-0.15, -0.1) is 0 Å². The van der Waals surface area contributed by atoms with Gasteiger partial charge in [0.1, 0.15) is 6.04 Å². The van der Waals surface area contributed by atoms with Crippen molar-refractivity contribution in [2.45, 2.75) is 25.1 Å². The predicted octanol–water partition coefficient (Wildman–Crippen LogP) is 2.15. The van der Waals surface area contributed by atoms with Gasteiger partial charge in [0, 0.05) is 13.0 Å². The van der Waals surface area contributed by atoms with Crippen LogP contribution in [0.1, 0.15) is 24.4 Å². The second-order valence-electron chi connectivity index (χ2n) is 3.90. The van der Waals surface area contributed by atoms with Crippen molar-refractivity contribution in [2.75, 3.05) is 6.54 Å². The van der Waals surface area contributed by atoms with E-state index >= 15 is 0 Å². The average molecular weight is 260 g/mol. The Kier molecular flexibility index (Phi) is 5.15. The molecule has 1 rings (SSSR count). The molecule has 0 saturated carbocycles. The molecule has 0 bridgehead atoms. The molecule has 0 aliphatic heterocycles. The molecule has 0 aliphatic rings. The van der Waals surface area contributed by atoms with Crippen molar-refractivity contribution in [2.24, 2.45) is 5.73 Å². The Morgan fingerprint density at radius 3 is 2.44 bits per heavy atom. The van der Waals surface area contributed by atoms with Crippen molar-refractivity contribution < 1.29 is 18.0 Å². The summed E-state index contributed by atoms with van der Waals surface area (Å²) >= 11 is 0. The second-order valence-corrected chi connectivity index (χ2v) is 3.90. The molecule has 0 saturated heterocycles. The highest BCUT2D eigenvalue weighted by Crippen LogP contribution is 2.20. The molecule has 0 fully saturated rings. The molecule has 18 heavy (non-hydrogen) atoms. The van der Waals surface area contributed by atoms with Crippen molar-refractivity contribution in [3.8, 4) is 0 Å². The summed E-state index contributed by atoms with van der Waals surface area (Å²) in [7, 11) is 0. The molecule has 1 aromatic carbocycles. The van der Waals surface area contributed by atoms with E-state index in [-0.39, 0.29) is 13.0 Å². The summed E-state index contributed by atoms with van der Waals surface area (Å²) in [6.45, 7) is -0.0289. The molecule has 0 aromatic heterocycles. The van der Waals surface area contributed by atoms with E-state index in [1.807, 2.05) is 0 Å². The zero-order chi connectivity index (χ0) is 13.6. The summed E-state index contributed by atoms with van der Waals surface area (Å²) < 4.78 is 35.6. The summed E-state index contributed by atoms with van der Waals surface area (Å²) in [6, 6.07) is 7.81. The van der Waals surface area contributed by atoms with E-state index in [1.54, 1.807) is 30.3 Å². The van der Waals surface area contributed by atoms with Gasteiger partial charge in [-0.05, 0) is 12.0 Å². The first-order valence-corrected chi connectivity index (χ1v) is 5.55. The van der Waals surface area contributed by atoms with E-state index < -0.39 is 24.5 Å². The maximum Gasteiger partial charge on any atom is 0.389 e. The van der Waals surface area contributed by atoms with E-state index in [1.165, 1.54) is 0 Å². The number of carbonyl (C=O) groups excluding carboxylic acids is 1. The first-order valence-electron chi connectivity index (χ1n) is 5.55. The Hall–Kier alpha value is -1.56. The van der Waals surface area contributed by atoms with Crippen molar-refractivity contribution >= 4 is 5.91 Å². The highest BCUT2D eigenvalue weighted by atomic mass is 19.4. The lowest BCUT2D eigenvalue weighted by Crippen LogP contribution is -2.34. The zero-order valence-electron chi connectivity index (χ0n) is 9.70. The van der Waals surface area contributed by atoms with Gasteiger partial charge in [0.05, 0.1) is 0 Å². The Bertz CT molecular complexity index is 379. The lowest BCUT2D eigenvalue weighted by molar-refractivity contribution is -0.136. The Labute approximate surface area is 103 Å². The topological polar surface area (TPSA) is 55.1 Å². The normalized spacial score (nSPS) is 13.1. The van der Waals surface area contributed by atoms with Crippen LogP contribution in [0.4, 0.5) is 13.2 Å². The fourth-order valence-electron chi connectivity index (χ4n) is 1.42. The van der Waals surface area contributed by atoms with E-state index in [0.29, 0.717) is 5.56 Å². The number of hydrogen-bond acceptors (Lipinski definition) is 2. The van der Waals surface area contributed by atoms with E-state index in [4.69, 9.17) is 5.73 Å². The first-order chi connectivity index (χ1) is 8.40. The number of nitrogens with one attached hydrogen (secondary N) is 1. The number of hydrogen-bond donors (Lipinski definition) is 2. The monoisotopic (exact) mass is 260 g/mol. The molecule has 3 nitrogen and oxygen atoms in total. The third-order valence-electron chi connectivity index (χ3n) is 2.38. The van der Waals surface area contributed by atoms with Crippen LogP contribution in [0, 0.1) is 0 Å². The van der Waals surface area contributed by atoms with Gasteiger partial charge in [-0.3, -0.25) is 4.79 Å². The Morgan fingerprint density at radius 1 is 1.28 bits per heavy atom. The first kappa shape index (κ1) is 14.5. The quantitative estimate of drug-likeness (QED) is 0.797. The van der Waals surface area contributed by atoms with Gasteiger partial charge in [-0.2, -0.15) is 13.2 Å². The fourth-order valence-corrected chi connectivity index (χ4v) is 1.42. The van der Waals surface area contributed by atoms with E-state index in [2.05, 4.69) is 5.32 Å². The van der Waals surface area contributed by atoms with Gasteiger partial charge in [0.15, 0.2) is 0 Å². The number of amides is 1. The zero-order valence-corrected chi connectivity index (χ0v) is 9.70. The molecule has 0 heterocycles. The minimum Gasteiger partial charge on any atom is -0.354 e. The third-order valence-corrected chi connectivity index (χ3v) is 2.38. The number of alkyl halides is 3. The van der Waals surface area contributed by atoms with Gasteiger partial charge in [0.2, 0.25) is 5.91 Å². The summed E-state index contributed by atoms with van der Waals surface area (Å²) in [6.07, 6.45) is -5.24. The number of nitrogens with two attached hydrogens (primary N) is 1. The van der Waals surface area contributed by atoms with Crippen molar-refractivity contribution in [1.29, 1.82) is 0 Å². The van der Waals surface area contributed by atoms with Gasteiger partial charge < -0.3 is 11.1 Å². The highest BCUT2D eigenvalue weighted by Gasteiger charge is 2.26. The number of rotatable bonds is 5. The predicted molar refractivity (Wildman–Crippen MR) is 61.7 cm³/mol. The fraction of sp³-hybridized carbons (Fsp3) is 0.417. The van der Waals surface area contributed by atoms with Crippen LogP contribution in [-0.2, 0) is 4.79 Å². The van der Waals surface area contributed by atoms with Crippen LogP contribution in [0.2, 0.25) is 0 Å². The van der Waals surface area contributed by atoms with Crippen LogP contribution in [0.5, 0.6) is 0 Å². The molecule has 1 unspecified atom stereocenters. The minimum absolute atomic E-state index is 0.0289. The Morgan fingerprint density at radius 2 is 1.89 bits per heavy atom. The summed E-state index contributed by atoms with van der Waals surface area (Å²) in [5, 5.41) is 2.39. The SMILES string of the molecule is NC(C(=O)NCCCC(F)(F)F)c1ccccc1. The lowest BCUT2D eigenvalue weighted by atomic mass is 10.1. The highest BCUT2D eigenvalue weighted by molar-refractivity contribution is 5.82. The summed E-state index contributed by atoms with van der Waals surface area (Å²) in [5.74, 6) is -0.469. The molecule has 3 N–H and O–H groups in total. The van der Waals surface area contributed by atoms with Crippen LogP contribution in [0.3, 0.4) is 0 Å². The third kappa shape index (κ3) is 5.18. The molecule has 1 aromatic rings. The standard InChI is InChI=1S/C12H15F3N2O/c13-12(14,15)7-4-8-17-11(18)10(16)9-5-2-1-3-6-9/h1-3,5-6,10H,4,7-8,16H2,(H,17,18). The van der Waals surface area contributed by atoms with Gasteiger partial charge in [0.25, 0.3) is 0 Å². The molecule has 1 amide bonds. The molecular weight excluding hydrogens is 245 g/mol. The summed E-state index contributed by atoms with van der Waals surface area (Å²) in [4.78, 5) is 11.6. The Balaban J connectivity index is 2.33. The van der Waals surface area contributed by atoms with Crippen LogP contribution in [-0.4, -0.2) is 18.6 Å². The smallest absolute Gasteiger partial charge is 0.354 e. The van der Waals surface area contributed by atoms with Crippen molar-refractivity contribution in [3.05, 3.63) is 35.9 Å². The molecule has 0 aliphatic carbocycles. The molecule has 6 heteroatoms. The molecule has 100 valence electrons. The van der Waals surface area contributed by atoms with E-state index in [9.17, 15) is 18.0 Å². The molecule has 0 radical (unpaired) electrons. The number of halogens is 3. The van der Waals surface area contributed by atoms with E-state index in [0.717, 1.165) is 0 Å². The van der Waals surface area contributed by atoms with Crippen molar-refractivity contribution in [1.82, 2.24) is 5.32 Å². The maximum atomic E-state index is 11.9. The average Bonchev–Trinajstić information content (AvgIpc) is 2.33. The van der Waals surface area contributed by atoms with Gasteiger partial charge in [-0.1, -0.05) is 30.3 Å². The molecular formula is C12H15F3N2O. The van der Waals surface area contributed by atoms with Gasteiger partial charge >= 0.3 is 6.18 Å². The summed E-state index contributed by atoms with van der Waals surface area (Å²) in [5.41, 5.74) is 6.30. The van der Waals surface area contributed by atoms with Crippen LogP contribution in [0.25, 0.3) is 0 Å². The van der Waals surface area contributed by atoms with Crippen LogP contribution >= 0.6 is 0 Å². The van der Waals surface area contributed by atoms with Gasteiger partial charge in [-0.25, -0.2) is 0 Å². The lowest BCUT2D eigenvalue weighted by Gasteiger charge is -2.12.